The Labute approximate surface area is 107 Å². The highest BCUT2D eigenvalue weighted by atomic mass is 19.1. The third kappa shape index (κ3) is 2.22. The number of halogens is 1. The maximum Gasteiger partial charge on any atom is 0.132 e. The smallest absolute Gasteiger partial charge is 0.132 e. The second kappa shape index (κ2) is 5.24. The second-order valence-electron chi connectivity index (χ2n) is 4.77. The molecule has 100 valence electrons. The van der Waals surface area contributed by atoms with E-state index in [0.29, 0.717) is 5.75 Å². The fourth-order valence-corrected chi connectivity index (χ4v) is 2.70. The highest BCUT2D eigenvalue weighted by Crippen LogP contribution is 2.43. The summed E-state index contributed by atoms with van der Waals surface area (Å²) >= 11 is 0. The van der Waals surface area contributed by atoms with E-state index >= 15 is 0 Å². The molecule has 0 saturated heterocycles. The summed E-state index contributed by atoms with van der Waals surface area (Å²) in [6, 6.07) is 4.51. The molecule has 1 atom stereocenters. The maximum atomic E-state index is 14.0. The Kier molecular flexibility index (Phi) is 3.88. The van der Waals surface area contributed by atoms with Crippen LogP contribution in [-0.2, 0) is 4.74 Å². The molecule has 1 aliphatic carbocycles. The molecule has 0 aliphatic heterocycles. The Balaban J connectivity index is 2.30. The van der Waals surface area contributed by atoms with Gasteiger partial charge in [-0.3, -0.25) is 0 Å². The molecule has 0 spiro atoms. The van der Waals surface area contributed by atoms with Crippen LogP contribution in [0.3, 0.4) is 0 Å². The van der Waals surface area contributed by atoms with Gasteiger partial charge in [0.25, 0.3) is 0 Å². The lowest BCUT2D eigenvalue weighted by Gasteiger charge is -2.33. The number of benzene rings is 1. The molecule has 1 unspecified atom stereocenters. The van der Waals surface area contributed by atoms with Crippen molar-refractivity contribution in [2.45, 2.75) is 37.4 Å². The minimum atomic E-state index is -0.934. The summed E-state index contributed by atoms with van der Waals surface area (Å²) in [4.78, 5) is 0. The second-order valence-corrected chi connectivity index (χ2v) is 4.77. The number of hydrogen-bond acceptors (Lipinski definition) is 3. The Morgan fingerprint density at radius 3 is 2.44 bits per heavy atom. The molecule has 18 heavy (non-hydrogen) atoms. The zero-order chi connectivity index (χ0) is 13.2. The van der Waals surface area contributed by atoms with Crippen molar-refractivity contribution >= 4 is 0 Å². The maximum absolute atomic E-state index is 14.0. The van der Waals surface area contributed by atoms with E-state index in [0.717, 1.165) is 25.7 Å². The van der Waals surface area contributed by atoms with Crippen LogP contribution in [0.5, 0.6) is 5.75 Å². The first-order chi connectivity index (χ1) is 8.63. The number of aliphatic hydroxyl groups is 1. The summed E-state index contributed by atoms with van der Waals surface area (Å²) in [7, 11) is 3.06. The average Bonchev–Trinajstić information content (AvgIpc) is 2.87. The van der Waals surface area contributed by atoms with Gasteiger partial charge in [-0.2, -0.15) is 0 Å². The lowest BCUT2D eigenvalue weighted by molar-refractivity contribution is -0.101. The van der Waals surface area contributed by atoms with Crippen LogP contribution in [0.15, 0.2) is 18.2 Å². The highest BCUT2D eigenvalue weighted by molar-refractivity contribution is 5.31. The predicted molar refractivity (Wildman–Crippen MR) is 66.1 cm³/mol. The van der Waals surface area contributed by atoms with Gasteiger partial charge in [0.15, 0.2) is 0 Å². The van der Waals surface area contributed by atoms with Gasteiger partial charge in [0.05, 0.1) is 12.7 Å². The van der Waals surface area contributed by atoms with E-state index in [1.807, 2.05) is 0 Å². The van der Waals surface area contributed by atoms with Gasteiger partial charge in [0.2, 0.25) is 0 Å². The monoisotopic (exact) mass is 254 g/mol. The third-order valence-electron chi connectivity index (χ3n) is 3.86. The first-order valence-electron chi connectivity index (χ1n) is 6.19. The molecule has 0 aromatic heterocycles. The van der Waals surface area contributed by atoms with Crippen LogP contribution in [0.1, 0.15) is 37.4 Å². The molecule has 0 amide bonds. The van der Waals surface area contributed by atoms with Gasteiger partial charge < -0.3 is 14.6 Å². The lowest BCUT2D eigenvalue weighted by atomic mass is 9.89. The fraction of sp³-hybridized carbons (Fsp3) is 0.571. The van der Waals surface area contributed by atoms with E-state index in [1.165, 1.54) is 13.2 Å². The molecule has 2 rings (SSSR count). The van der Waals surface area contributed by atoms with Gasteiger partial charge in [-0.15, -0.1) is 0 Å². The minimum Gasteiger partial charge on any atom is -0.497 e. The molecule has 1 fully saturated rings. The molecule has 3 nitrogen and oxygen atoms in total. The van der Waals surface area contributed by atoms with Crippen molar-refractivity contribution in [3.63, 3.8) is 0 Å². The Hall–Kier alpha value is -1.13. The summed E-state index contributed by atoms with van der Waals surface area (Å²) in [5.41, 5.74) is -0.366. The van der Waals surface area contributed by atoms with Crippen molar-refractivity contribution in [2.75, 3.05) is 14.2 Å². The lowest BCUT2D eigenvalue weighted by Crippen LogP contribution is -2.35. The number of rotatable bonds is 4. The van der Waals surface area contributed by atoms with Crippen LogP contribution in [0, 0.1) is 5.82 Å². The molecule has 1 aromatic rings. The summed E-state index contributed by atoms with van der Waals surface area (Å²) in [5, 5.41) is 10.4. The van der Waals surface area contributed by atoms with Crippen molar-refractivity contribution in [1.82, 2.24) is 0 Å². The topological polar surface area (TPSA) is 38.7 Å². The molecule has 0 heterocycles. The van der Waals surface area contributed by atoms with Crippen molar-refractivity contribution in [1.29, 1.82) is 0 Å². The van der Waals surface area contributed by atoms with Crippen molar-refractivity contribution in [2.24, 2.45) is 0 Å². The summed E-state index contributed by atoms with van der Waals surface area (Å²) < 4.78 is 24.4. The van der Waals surface area contributed by atoms with E-state index in [-0.39, 0.29) is 5.56 Å². The zero-order valence-electron chi connectivity index (χ0n) is 10.8. The normalized spacial score (nSPS) is 19.8. The summed E-state index contributed by atoms with van der Waals surface area (Å²) in [6.45, 7) is 0. The van der Waals surface area contributed by atoms with E-state index in [9.17, 15) is 9.50 Å². The van der Waals surface area contributed by atoms with E-state index in [4.69, 9.17) is 9.47 Å². The van der Waals surface area contributed by atoms with Crippen LogP contribution in [0.2, 0.25) is 0 Å². The van der Waals surface area contributed by atoms with Crippen molar-refractivity contribution in [3.05, 3.63) is 29.6 Å². The van der Waals surface area contributed by atoms with Gasteiger partial charge in [-0.05, 0) is 25.0 Å². The molecule has 0 bridgehead atoms. The molecule has 1 N–H and O–H groups in total. The molecule has 1 saturated carbocycles. The predicted octanol–water partition coefficient (Wildman–Crippen LogP) is 2.83. The quantitative estimate of drug-likeness (QED) is 0.898. The van der Waals surface area contributed by atoms with Crippen LogP contribution in [-0.4, -0.2) is 24.9 Å². The molecule has 0 radical (unpaired) electrons. The number of methoxy groups -OCH3 is 2. The first kappa shape index (κ1) is 13.3. The van der Waals surface area contributed by atoms with Gasteiger partial charge >= 0.3 is 0 Å². The average molecular weight is 254 g/mol. The van der Waals surface area contributed by atoms with Gasteiger partial charge in [-0.1, -0.05) is 12.8 Å². The summed E-state index contributed by atoms with van der Waals surface area (Å²) in [5.74, 6) is -0.00786. The number of aliphatic hydroxyl groups excluding tert-OH is 1. The van der Waals surface area contributed by atoms with Gasteiger partial charge in [-0.25, -0.2) is 4.39 Å². The molecular formula is C14H19FO3. The van der Waals surface area contributed by atoms with E-state index in [1.54, 1.807) is 19.2 Å². The number of hydrogen-bond donors (Lipinski definition) is 1. The van der Waals surface area contributed by atoms with Gasteiger partial charge in [0, 0.05) is 18.7 Å². The van der Waals surface area contributed by atoms with E-state index < -0.39 is 17.5 Å². The van der Waals surface area contributed by atoms with Gasteiger partial charge in [0.1, 0.15) is 17.7 Å². The van der Waals surface area contributed by atoms with Crippen molar-refractivity contribution in [3.8, 4) is 5.75 Å². The standard InChI is InChI=1S/C14H19FO3/c1-17-10-5-6-11(12(15)9-10)13(16)14(18-2)7-3-4-8-14/h5-6,9,13,16H,3-4,7-8H2,1-2H3. The van der Waals surface area contributed by atoms with Crippen LogP contribution >= 0.6 is 0 Å². The molecule has 1 aliphatic rings. The molecule has 1 aromatic carbocycles. The molecular weight excluding hydrogens is 235 g/mol. The van der Waals surface area contributed by atoms with Crippen LogP contribution in [0.25, 0.3) is 0 Å². The Morgan fingerprint density at radius 1 is 1.28 bits per heavy atom. The third-order valence-corrected chi connectivity index (χ3v) is 3.86. The van der Waals surface area contributed by atoms with Crippen molar-refractivity contribution < 1.29 is 19.0 Å². The molecule has 4 heteroatoms. The Bertz CT molecular complexity index is 414. The fourth-order valence-electron chi connectivity index (χ4n) is 2.70. The number of ether oxygens (including phenoxy) is 2. The first-order valence-corrected chi connectivity index (χ1v) is 6.19. The SMILES string of the molecule is COc1ccc(C(O)C2(OC)CCCC2)c(F)c1. The van der Waals surface area contributed by atoms with E-state index in [2.05, 4.69) is 0 Å². The van der Waals surface area contributed by atoms with Crippen LogP contribution < -0.4 is 4.74 Å². The zero-order valence-corrected chi connectivity index (χ0v) is 10.8. The van der Waals surface area contributed by atoms with Crippen LogP contribution in [0.4, 0.5) is 4.39 Å². The Morgan fingerprint density at radius 2 is 1.94 bits per heavy atom. The largest absolute Gasteiger partial charge is 0.497 e. The summed E-state index contributed by atoms with van der Waals surface area (Å²) in [6.07, 6.45) is 2.59. The highest BCUT2D eigenvalue weighted by Gasteiger charge is 2.42. The minimum absolute atomic E-state index is 0.277.